The Bertz CT molecular complexity index is 150. The molecule has 0 bridgehead atoms. The Morgan fingerprint density at radius 1 is 1.29 bits per heavy atom. The van der Waals surface area contributed by atoms with Crippen molar-refractivity contribution in [3.05, 3.63) is 0 Å². The average molecular weight is 201 g/mol. The number of rotatable bonds is 8. The molecule has 84 valence electrons. The quantitative estimate of drug-likeness (QED) is 0.265. The molecule has 0 aliphatic rings. The minimum atomic E-state index is -0.0630. The number of amides is 1. The molecule has 14 heavy (non-hydrogen) atoms. The van der Waals surface area contributed by atoms with Crippen molar-refractivity contribution >= 4 is 5.91 Å². The van der Waals surface area contributed by atoms with Gasteiger partial charge < -0.3 is 4.90 Å². The van der Waals surface area contributed by atoms with Crippen LogP contribution < -0.4 is 11.3 Å². The summed E-state index contributed by atoms with van der Waals surface area (Å²) in [6.45, 7) is 4.46. The van der Waals surface area contributed by atoms with Gasteiger partial charge in [-0.3, -0.25) is 10.2 Å². The lowest BCUT2D eigenvalue weighted by molar-refractivity contribution is -0.121. The number of hydrogen-bond donors (Lipinski definition) is 2. The maximum Gasteiger partial charge on any atom is 0.233 e. The molecule has 0 radical (unpaired) electrons. The Balaban J connectivity index is 3.17. The zero-order chi connectivity index (χ0) is 10.8. The van der Waals surface area contributed by atoms with E-state index in [0.717, 1.165) is 32.4 Å². The summed E-state index contributed by atoms with van der Waals surface area (Å²) in [6, 6.07) is 0. The first-order chi connectivity index (χ1) is 6.70. The molecule has 1 amide bonds. The summed E-state index contributed by atoms with van der Waals surface area (Å²) in [4.78, 5) is 13.1. The Morgan fingerprint density at radius 3 is 2.57 bits per heavy atom. The largest absolute Gasteiger partial charge is 0.306 e. The first kappa shape index (κ1) is 13.4. The second kappa shape index (κ2) is 8.97. The van der Waals surface area contributed by atoms with E-state index in [2.05, 4.69) is 24.3 Å². The van der Waals surface area contributed by atoms with E-state index >= 15 is 0 Å². The number of nitrogens with two attached hydrogens (primary N) is 1. The molecule has 0 atom stereocenters. The number of hydrazine groups is 1. The third kappa shape index (κ3) is 8.01. The fourth-order valence-electron chi connectivity index (χ4n) is 1.41. The van der Waals surface area contributed by atoms with Crippen LogP contribution in [0.15, 0.2) is 0 Å². The van der Waals surface area contributed by atoms with Gasteiger partial charge in [-0.05, 0) is 39.4 Å². The van der Waals surface area contributed by atoms with Crippen molar-refractivity contribution in [2.24, 2.45) is 5.84 Å². The summed E-state index contributed by atoms with van der Waals surface area (Å²) in [5, 5.41) is 0. The molecular formula is C10H23N3O. The molecule has 0 spiro atoms. The van der Waals surface area contributed by atoms with E-state index in [9.17, 15) is 4.79 Å². The molecule has 0 aromatic carbocycles. The molecule has 0 rings (SSSR count). The van der Waals surface area contributed by atoms with E-state index in [4.69, 9.17) is 5.84 Å². The lowest BCUT2D eigenvalue weighted by Crippen LogP contribution is -2.29. The second-order valence-corrected chi connectivity index (χ2v) is 3.68. The maximum atomic E-state index is 10.8. The zero-order valence-electron chi connectivity index (χ0n) is 9.38. The summed E-state index contributed by atoms with van der Waals surface area (Å²) >= 11 is 0. The predicted octanol–water partition coefficient (Wildman–Crippen LogP) is 0.879. The van der Waals surface area contributed by atoms with Crippen LogP contribution >= 0.6 is 0 Å². The van der Waals surface area contributed by atoms with E-state index in [-0.39, 0.29) is 5.91 Å². The van der Waals surface area contributed by atoms with Crippen LogP contribution in [0.25, 0.3) is 0 Å². The third-order valence-electron chi connectivity index (χ3n) is 2.21. The standard InChI is InChI=1S/C10H23N3O/c1-3-8-13(2)9-6-4-5-7-10(14)12-11/h3-9,11H2,1-2H3,(H,12,14). The van der Waals surface area contributed by atoms with Crippen molar-refractivity contribution < 1.29 is 4.79 Å². The van der Waals surface area contributed by atoms with Crippen molar-refractivity contribution in [3.63, 3.8) is 0 Å². The highest BCUT2D eigenvalue weighted by Crippen LogP contribution is 2.01. The van der Waals surface area contributed by atoms with Crippen LogP contribution in [0.4, 0.5) is 0 Å². The van der Waals surface area contributed by atoms with Gasteiger partial charge in [0.15, 0.2) is 0 Å². The van der Waals surface area contributed by atoms with Gasteiger partial charge >= 0.3 is 0 Å². The van der Waals surface area contributed by atoms with Crippen molar-refractivity contribution in [1.82, 2.24) is 10.3 Å². The van der Waals surface area contributed by atoms with Gasteiger partial charge in [0.25, 0.3) is 0 Å². The van der Waals surface area contributed by atoms with Gasteiger partial charge in [0.05, 0.1) is 0 Å². The van der Waals surface area contributed by atoms with Gasteiger partial charge in [-0.2, -0.15) is 0 Å². The lowest BCUT2D eigenvalue weighted by atomic mass is 10.2. The molecule has 0 aromatic heterocycles. The van der Waals surface area contributed by atoms with Gasteiger partial charge in [0, 0.05) is 6.42 Å². The highest BCUT2D eigenvalue weighted by Gasteiger charge is 1.99. The van der Waals surface area contributed by atoms with Gasteiger partial charge in [0.1, 0.15) is 0 Å². The fraction of sp³-hybridized carbons (Fsp3) is 0.900. The number of unbranched alkanes of at least 4 members (excludes halogenated alkanes) is 2. The minimum absolute atomic E-state index is 0.0630. The van der Waals surface area contributed by atoms with Crippen LogP contribution in [-0.4, -0.2) is 30.9 Å². The topological polar surface area (TPSA) is 58.4 Å². The summed E-state index contributed by atoms with van der Waals surface area (Å²) in [6.07, 6.45) is 4.94. The molecule has 0 heterocycles. The third-order valence-corrected chi connectivity index (χ3v) is 2.21. The SMILES string of the molecule is CCCN(C)CCCCCC(=O)NN. The summed E-state index contributed by atoms with van der Waals surface area (Å²) in [7, 11) is 2.14. The Kier molecular flexibility index (Phi) is 8.57. The Hall–Kier alpha value is -0.610. The van der Waals surface area contributed by atoms with Gasteiger partial charge in [-0.15, -0.1) is 0 Å². The number of nitrogens with one attached hydrogen (secondary N) is 1. The van der Waals surface area contributed by atoms with E-state index in [1.54, 1.807) is 0 Å². The molecule has 0 aromatic rings. The molecule has 0 unspecified atom stereocenters. The van der Waals surface area contributed by atoms with E-state index < -0.39 is 0 Å². The number of carbonyl (C=O) groups excluding carboxylic acids is 1. The van der Waals surface area contributed by atoms with Crippen molar-refractivity contribution in [2.45, 2.75) is 39.0 Å². The van der Waals surface area contributed by atoms with Crippen molar-refractivity contribution in [1.29, 1.82) is 0 Å². The van der Waals surface area contributed by atoms with E-state index in [0.29, 0.717) is 6.42 Å². The summed E-state index contributed by atoms with van der Waals surface area (Å²) in [5.41, 5.74) is 2.14. The summed E-state index contributed by atoms with van der Waals surface area (Å²) in [5.74, 6) is 4.90. The summed E-state index contributed by atoms with van der Waals surface area (Å²) < 4.78 is 0. The zero-order valence-corrected chi connectivity index (χ0v) is 9.38. The molecule has 4 heteroatoms. The lowest BCUT2D eigenvalue weighted by Gasteiger charge is -2.14. The number of carbonyl (C=O) groups is 1. The molecule has 0 saturated carbocycles. The average Bonchev–Trinajstić information content (AvgIpc) is 2.17. The molecule has 0 fully saturated rings. The molecule has 4 nitrogen and oxygen atoms in total. The fourth-order valence-corrected chi connectivity index (χ4v) is 1.41. The van der Waals surface area contributed by atoms with Crippen LogP contribution in [0, 0.1) is 0 Å². The Labute approximate surface area is 86.8 Å². The van der Waals surface area contributed by atoms with Gasteiger partial charge in [0.2, 0.25) is 5.91 Å². The van der Waals surface area contributed by atoms with Crippen LogP contribution in [0.3, 0.4) is 0 Å². The van der Waals surface area contributed by atoms with Gasteiger partial charge in [-0.1, -0.05) is 13.3 Å². The second-order valence-electron chi connectivity index (χ2n) is 3.68. The molecule has 0 aliphatic carbocycles. The monoisotopic (exact) mass is 201 g/mol. The minimum Gasteiger partial charge on any atom is -0.306 e. The normalized spacial score (nSPS) is 10.6. The van der Waals surface area contributed by atoms with Crippen molar-refractivity contribution in [2.75, 3.05) is 20.1 Å². The van der Waals surface area contributed by atoms with Gasteiger partial charge in [-0.25, -0.2) is 5.84 Å². The van der Waals surface area contributed by atoms with Crippen LogP contribution in [0.2, 0.25) is 0 Å². The molecular weight excluding hydrogens is 178 g/mol. The highest BCUT2D eigenvalue weighted by atomic mass is 16.2. The van der Waals surface area contributed by atoms with Crippen molar-refractivity contribution in [3.8, 4) is 0 Å². The molecule has 3 N–H and O–H groups in total. The molecule has 0 aliphatic heterocycles. The highest BCUT2D eigenvalue weighted by molar-refractivity contribution is 5.74. The molecule has 0 saturated heterocycles. The van der Waals surface area contributed by atoms with Crippen LogP contribution in [-0.2, 0) is 4.79 Å². The van der Waals surface area contributed by atoms with Crippen LogP contribution in [0.5, 0.6) is 0 Å². The predicted molar refractivity (Wildman–Crippen MR) is 58.6 cm³/mol. The maximum absolute atomic E-state index is 10.8. The first-order valence-electron chi connectivity index (χ1n) is 5.38. The smallest absolute Gasteiger partial charge is 0.233 e. The Morgan fingerprint density at radius 2 is 2.00 bits per heavy atom. The van der Waals surface area contributed by atoms with E-state index in [1.807, 2.05) is 0 Å². The number of hydrogen-bond acceptors (Lipinski definition) is 3. The number of nitrogens with zero attached hydrogens (tertiary/aromatic N) is 1. The van der Waals surface area contributed by atoms with E-state index in [1.165, 1.54) is 6.42 Å². The van der Waals surface area contributed by atoms with Crippen LogP contribution in [0.1, 0.15) is 39.0 Å². The first-order valence-corrected chi connectivity index (χ1v) is 5.38.